The zero-order valence-corrected chi connectivity index (χ0v) is 26.3. The molecule has 1 atom stereocenters. The van der Waals surface area contributed by atoms with E-state index < -0.39 is 5.60 Å². The maximum atomic E-state index is 14.3. The van der Waals surface area contributed by atoms with Crippen LogP contribution in [0.3, 0.4) is 0 Å². The molecule has 1 aromatic heterocycles. The lowest BCUT2D eigenvalue weighted by Crippen LogP contribution is -2.54. The summed E-state index contributed by atoms with van der Waals surface area (Å²) in [5.41, 5.74) is 0.347. The summed E-state index contributed by atoms with van der Waals surface area (Å²) in [7, 11) is 1.63. The lowest BCUT2D eigenvalue weighted by molar-refractivity contribution is 0.00742. The zero-order valence-electron chi connectivity index (χ0n) is 26.3. The number of carbonyl (C=O) groups is 2. The Morgan fingerprint density at radius 1 is 1.02 bits per heavy atom. The van der Waals surface area contributed by atoms with E-state index in [0.717, 1.165) is 43.9 Å². The first-order valence-corrected chi connectivity index (χ1v) is 15.6. The number of benzene rings is 1. The number of piperidine rings is 1. The van der Waals surface area contributed by atoms with E-state index in [1.807, 2.05) is 57.7 Å². The number of aromatic nitrogens is 1. The highest BCUT2D eigenvalue weighted by Gasteiger charge is 2.35. The minimum atomic E-state index is -0.581. The van der Waals surface area contributed by atoms with Crippen molar-refractivity contribution in [3.8, 4) is 11.5 Å². The van der Waals surface area contributed by atoms with Gasteiger partial charge in [-0.1, -0.05) is 18.9 Å². The molecule has 2 aromatic rings. The van der Waals surface area contributed by atoms with Crippen LogP contribution in [0.4, 0.5) is 4.79 Å². The molecule has 9 heteroatoms. The highest BCUT2D eigenvalue weighted by molar-refractivity contribution is 5.99. The van der Waals surface area contributed by atoms with Gasteiger partial charge >= 0.3 is 6.09 Å². The summed E-state index contributed by atoms with van der Waals surface area (Å²) >= 11 is 0. The molecule has 42 heavy (non-hydrogen) atoms. The third kappa shape index (κ3) is 8.27. The Labute approximate surface area is 250 Å². The maximum Gasteiger partial charge on any atom is 0.410 e. The zero-order chi connectivity index (χ0) is 30.3. The van der Waals surface area contributed by atoms with Crippen molar-refractivity contribution in [1.82, 2.24) is 14.8 Å². The molecule has 0 bridgehead atoms. The number of fused-ring (bicyclic) bond motifs is 1. The quantitative estimate of drug-likeness (QED) is 0.242. The lowest BCUT2D eigenvalue weighted by atomic mass is 10.0. The normalized spacial score (nSPS) is 18.5. The van der Waals surface area contributed by atoms with Crippen LogP contribution in [0.5, 0.6) is 11.5 Å². The van der Waals surface area contributed by atoms with Crippen LogP contribution in [0.2, 0.25) is 0 Å². The maximum absolute atomic E-state index is 14.3. The number of pyridine rings is 1. The van der Waals surface area contributed by atoms with Crippen LogP contribution in [-0.4, -0.2) is 84.0 Å². The number of hydrogen-bond acceptors (Lipinski definition) is 7. The van der Waals surface area contributed by atoms with Crippen molar-refractivity contribution in [3.05, 3.63) is 30.0 Å². The monoisotopic (exact) mass is 583 g/mol. The first-order valence-electron chi connectivity index (χ1n) is 15.6. The second-order valence-electron chi connectivity index (χ2n) is 12.8. The van der Waals surface area contributed by atoms with Crippen molar-refractivity contribution in [2.75, 3.05) is 33.4 Å². The summed E-state index contributed by atoms with van der Waals surface area (Å²) in [6, 6.07) is 7.32. The number of amides is 2. The van der Waals surface area contributed by atoms with Crippen molar-refractivity contribution < 1.29 is 28.5 Å². The van der Waals surface area contributed by atoms with Gasteiger partial charge < -0.3 is 28.7 Å². The van der Waals surface area contributed by atoms with Crippen molar-refractivity contribution in [2.24, 2.45) is 0 Å². The number of rotatable bonds is 9. The fourth-order valence-corrected chi connectivity index (χ4v) is 5.92. The SMILES string of the molecule is COCCOc1cc(C(=O)N(C(C)C)C2CCCN(C(=O)OC(C)(C)C)C2)nc2c(OC3CCCCCC3)cccc12. The molecule has 1 saturated carbocycles. The van der Waals surface area contributed by atoms with Crippen molar-refractivity contribution in [3.63, 3.8) is 0 Å². The average Bonchev–Trinajstić information content (AvgIpc) is 3.21. The van der Waals surface area contributed by atoms with Gasteiger partial charge in [0.1, 0.15) is 34.9 Å². The van der Waals surface area contributed by atoms with E-state index in [0.29, 0.717) is 49.0 Å². The van der Waals surface area contributed by atoms with Crippen LogP contribution < -0.4 is 9.47 Å². The van der Waals surface area contributed by atoms with Gasteiger partial charge in [0.15, 0.2) is 0 Å². The molecule has 1 aromatic carbocycles. The second-order valence-corrected chi connectivity index (χ2v) is 12.8. The Hall–Kier alpha value is -3.07. The molecule has 2 amide bonds. The van der Waals surface area contributed by atoms with E-state index in [1.165, 1.54) is 12.8 Å². The summed E-state index contributed by atoms with van der Waals surface area (Å²) in [4.78, 5) is 35.6. The van der Waals surface area contributed by atoms with Crippen molar-refractivity contribution >= 4 is 22.9 Å². The Morgan fingerprint density at radius 2 is 1.76 bits per heavy atom. The largest absolute Gasteiger partial charge is 0.490 e. The van der Waals surface area contributed by atoms with E-state index in [-0.39, 0.29) is 30.2 Å². The van der Waals surface area contributed by atoms with Gasteiger partial charge in [0.25, 0.3) is 5.91 Å². The molecule has 0 radical (unpaired) electrons. The molecule has 2 aliphatic rings. The summed E-state index contributed by atoms with van der Waals surface area (Å²) in [5.74, 6) is 1.06. The summed E-state index contributed by atoms with van der Waals surface area (Å²) in [6.45, 7) is 11.4. The average molecular weight is 584 g/mol. The number of ether oxygens (including phenoxy) is 4. The molecule has 0 N–H and O–H groups in total. The molecule has 4 rings (SSSR count). The number of para-hydroxylation sites is 1. The molecule has 232 valence electrons. The van der Waals surface area contributed by atoms with Crippen LogP contribution in [0, 0.1) is 0 Å². The van der Waals surface area contributed by atoms with Gasteiger partial charge in [-0.3, -0.25) is 4.79 Å². The minimum Gasteiger partial charge on any atom is -0.490 e. The summed E-state index contributed by atoms with van der Waals surface area (Å²) in [5, 5.41) is 0.804. The first-order chi connectivity index (χ1) is 20.1. The fourth-order valence-electron chi connectivity index (χ4n) is 5.92. The highest BCUT2D eigenvalue weighted by Crippen LogP contribution is 2.34. The number of carbonyl (C=O) groups excluding carboxylic acids is 2. The van der Waals surface area contributed by atoms with E-state index in [4.69, 9.17) is 23.9 Å². The molecule has 1 saturated heterocycles. The second kappa shape index (κ2) is 14.4. The third-order valence-corrected chi connectivity index (χ3v) is 7.86. The van der Waals surface area contributed by atoms with Gasteiger partial charge in [0.05, 0.1) is 18.8 Å². The Bertz CT molecular complexity index is 1200. The summed E-state index contributed by atoms with van der Waals surface area (Å²) in [6.07, 6.45) is 8.19. The Kier molecular flexibility index (Phi) is 10.9. The topological polar surface area (TPSA) is 90.4 Å². The lowest BCUT2D eigenvalue weighted by Gasteiger charge is -2.41. The van der Waals surface area contributed by atoms with Crippen LogP contribution in [0.15, 0.2) is 24.3 Å². The molecular formula is C33H49N3O6. The van der Waals surface area contributed by atoms with E-state index >= 15 is 0 Å². The van der Waals surface area contributed by atoms with Crippen molar-refractivity contribution in [1.29, 1.82) is 0 Å². The van der Waals surface area contributed by atoms with E-state index in [9.17, 15) is 9.59 Å². The van der Waals surface area contributed by atoms with Crippen LogP contribution in [0.25, 0.3) is 10.9 Å². The minimum absolute atomic E-state index is 0.103. The molecular weight excluding hydrogens is 534 g/mol. The van der Waals surface area contributed by atoms with Crippen LogP contribution in [0.1, 0.15) is 96.5 Å². The molecule has 1 unspecified atom stereocenters. The highest BCUT2D eigenvalue weighted by atomic mass is 16.6. The van der Waals surface area contributed by atoms with Gasteiger partial charge in [0, 0.05) is 37.7 Å². The van der Waals surface area contributed by atoms with Crippen molar-refractivity contribution in [2.45, 2.75) is 110 Å². The molecule has 9 nitrogen and oxygen atoms in total. The van der Waals surface area contributed by atoms with E-state index in [1.54, 1.807) is 18.1 Å². The third-order valence-electron chi connectivity index (χ3n) is 7.86. The molecule has 2 fully saturated rings. The first kappa shape index (κ1) is 31.9. The van der Waals surface area contributed by atoms with Gasteiger partial charge in [0.2, 0.25) is 0 Å². The van der Waals surface area contributed by atoms with Gasteiger partial charge in [-0.25, -0.2) is 9.78 Å². The van der Waals surface area contributed by atoms with Crippen LogP contribution in [-0.2, 0) is 9.47 Å². The van der Waals surface area contributed by atoms with Crippen LogP contribution >= 0.6 is 0 Å². The summed E-state index contributed by atoms with van der Waals surface area (Å²) < 4.78 is 23.5. The number of hydrogen-bond donors (Lipinski definition) is 0. The molecule has 1 aliphatic heterocycles. The standard InChI is InChI=1S/C33H49N3O6/c1-23(2)36(24-13-12-18-35(22-24)32(38)42-33(3,4)5)31(37)27-21-29(40-20-19-39-6)26-16-11-17-28(30(26)34-27)41-25-14-9-7-8-10-15-25/h11,16-17,21,23-25H,7-10,12-15,18-20,22H2,1-6H3. The molecule has 1 aliphatic carbocycles. The van der Waals surface area contributed by atoms with Gasteiger partial charge in [-0.05, 0) is 85.3 Å². The number of likely N-dealkylation sites (tertiary alicyclic amines) is 1. The van der Waals surface area contributed by atoms with Gasteiger partial charge in [-0.15, -0.1) is 0 Å². The molecule has 0 spiro atoms. The Balaban J connectivity index is 1.67. The predicted octanol–water partition coefficient (Wildman–Crippen LogP) is 6.61. The number of nitrogens with zero attached hydrogens (tertiary/aromatic N) is 3. The van der Waals surface area contributed by atoms with E-state index in [2.05, 4.69) is 0 Å². The fraction of sp³-hybridized carbons (Fsp3) is 0.667. The molecule has 2 heterocycles. The smallest absolute Gasteiger partial charge is 0.410 e. The predicted molar refractivity (Wildman–Crippen MR) is 163 cm³/mol. The Morgan fingerprint density at radius 3 is 2.43 bits per heavy atom. The number of methoxy groups -OCH3 is 1. The van der Waals surface area contributed by atoms with Gasteiger partial charge in [-0.2, -0.15) is 0 Å².